The average molecular weight is 450 g/mol. The van der Waals surface area contributed by atoms with Crippen LogP contribution >= 0.6 is 0 Å². The molecule has 4 rings (SSSR count). The summed E-state index contributed by atoms with van der Waals surface area (Å²) in [6, 6.07) is 18.0. The zero-order chi connectivity index (χ0) is 23.0. The number of hydrogen-bond acceptors (Lipinski definition) is 6. The first kappa shape index (κ1) is 23.0. The second kappa shape index (κ2) is 11.1. The van der Waals surface area contributed by atoms with E-state index in [1.807, 2.05) is 44.2 Å². The van der Waals surface area contributed by atoms with Crippen molar-refractivity contribution >= 4 is 5.91 Å². The molecule has 0 unspecified atom stereocenters. The summed E-state index contributed by atoms with van der Waals surface area (Å²) in [5.41, 5.74) is 4.03. The van der Waals surface area contributed by atoms with Gasteiger partial charge >= 0.3 is 0 Å². The van der Waals surface area contributed by atoms with Crippen molar-refractivity contribution in [3.8, 4) is 5.75 Å². The van der Waals surface area contributed by atoms with Crippen LogP contribution < -0.4 is 10.1 Å². The van der Waals surface area contributed by atoms with Gasteiger partial charge in [-0.1, -0.05) is 47.6 Å². The largest absolute Gasteiger partial charge is 0.489 e. The topological polar surface area (TPSA) is 76.8 Å². The number of nitrogens with zero attached hydrogens (tertiary/aromatic N) is 2. The monoisotopic (exact) mass is 449 g/mol. The van der Waals surface area contributed by atoms with Crippen LogP contribution in [-0.4, -0.2) is 48.3 Å². The summed E-state index contributed by atoms with van der Waals surface area (Å²) >= 11 is 0. The summed E-state index contributed by atoms with van der Waals surface area (Å²) in [6.07, 6.45) is 0.330. The summed E-state index contributed by atoms with van der Waals surface area (Å²) in [4.78, 5) is 14.8. The molecule has 0 spiro atoms. The predicted molar refractivity (Wildman–Crippen MR) is 125 cm³/mol. The smallest absolute Gasteiger partial charge is 0.224 e. The molecule has 1 fully saturated rings. The van der Waals surface area contributed by atoms with E-state index in [9.17, 15) is 4.79 Å². The van der Waals surface area contributed by atoms with Crippen LogP contribution in [0.4, 0.5) is 0 Å². The number of carbonyl (C=O) groups is 1. The molecule has 2 aromatic carbocycles. The SMILES string of the molecule is Cc1noc(C)c1COc1ccc(CC(=O)NC[C@H]2CN(Cc3ccccc3)CCO2)cc1. The predicted octanol–water partition coefficient (Wildman–Crippen LogP) is 3.43. The molecule has 0 saturated carbocycles. The van der Waals surface area contributed by atoms with Gasteiger partial charge in [0.25, 0.3) is 0 Å². The number of aromatic nitrogens is 1. The van der Waals surface area contributed by atoms with Gasteiger partial charge in [-0.25, -0.2) is 0 Å². The lowest BCUT2D eigenvalue weighted by Gasteiger charge is -2.33. The van der Waals surface area contributed by atoms with Gasteiger partial charge in [-0.3, -0.25) is 9.69 Å². The Kier molecular flexibility index (Phi) is 7.75. The molecule has 1 saturated heterocycles. The van der Waals surface area contributed by atoms with E-state index in [0.29, 0.717) is 26.2 Å². The number of morpholine rings is 1. The molecule has 0 aliphatic carbocycles. The lowest BCUT2D eigenvalue weighted by atomic mass is 10.1. The van der Waals surface area contributed by atoms with Gasteiger partial charge in [0.05, 0.1) is 30.4 Å². The van der Waals surface area contributed by atoms with Crippen LogP contribution in [0.2, 0.25) is 0 Å². The van der Waals surface area contributed by atoms with Gasteiger partial charge in [0.1, 0.15) is 18.1 Å². The minimum Gasteiger partial charge on any atom is -0.489 e. The zero-order valence-corrected chi connectivity index (χ0v) is 19.3. The highest BCUT2D eigenvalue weighted by Gasteiger charge is 2.21. The van der Waals surface area contributed by atoms with Crippen molar-refractivity contribution in [2.45, 2.75) is 39.5 Å². The van der Waals surface area contributed by atoms with E-state index < -0.39 is 0 Å². The first-order valence-electron chi connectivity index (χ1n) is 11.3. The fourth-order valence-electron chi connectivity index (χ4n) is 3.93. The summed E-state index contributed by atoms with van der Waals surface area (Å²) in [6.45, 7) is 8.00. The van der Waals surface area contributed by atoms with Crippen molar-refractivity contribution in [1.29, 1.82) is 0 Å². The molecular weight excluding hydrogens is 418 g/mol. The number of rotatable bonds is 9. The highest BCUT2D eigenvalue weighted by Crippen LogP contribution is 2.18. The first-order valence-corrected chi connectivity index (χ1v) is 11.3. The molecule has 1 aromatic heterocycles. The van der Waals surface area contributed by atoms with Gasteiger partial charge in [0.15, 0.2) is 0 Å². The van der Waals surface area contributed by atoms with Crippen LogP contribution in [0.15, 0.2) is 59.1 Å². The molecular formula is C26H31N3O4. The van der Waals surface area contributed by atoms with Crippen molar-refractivity contribution in [1.82, 2.24) is 15.4 Å². The van der Waals surface area contributed by atoms with Crippen molar-refractivity contribution < 1.29 is 18.8 Å². The third-order valence-corrected chi connectivity index (χ3v) is 5.85. The van der Waals surface area contributed by atoms with Crippen LogP contribution in [0.25, 0.3) is 0 Å². The molecule has 0 bridgehead atoms. The summed E-state index contributed by atoms with van der Waals surface area (Å²) in [5.74, 6) is 1.50. The maximum Gasteiger partial charge on any atom is 0.224 e. The summed E-state index contributed by atoms with van der Waals surface area (Å²) < 4.78 is 16.8. The van der Waals surface area contributed by atoms with Gasteiger partial charge in [0, 0.05) is 26.2 Å². The van der Waals surface area contributed by atoms with E-state index in [-0.39, 0.29) is 12.0 Å². The maximum atomic E-state index is 12.4. The normalized spacial score (nSPS) is 16.5. The Morgan fingerprint density at radius 2 is 1.91 bits per heavy atom. The number of ether oxygens (including phenoxy) is 2. The van der Waals surface area contributed by atoms with Gasteiger partial charge in [-0.15, -0.1) is 0 Å². The fourth-order valence-corrected chi connectivity index (χ4v) is 3.93. The van der Waals surface area contributed by atoms with Crippen molar-refractivity contribution in [3.05, 3.63) is 82.7 Å². The van der Waals surface area contributed by atoms with E-state index >= 15 is 0 Å². The summed E-state index contributed by atoms with van der Waals surface area (Å²) in [5, 5.41) is 6.95. The first-order chi connectivity index (χ1) is 16.1. The molecule has 3 aromatic rings. The standard InChI is InChI=1S/C26H31N3O4/c1-19-25(20(2)33-28-19)18-32-23-10-8-21(9-11-23)14-26(30)27-15-24-17-29(12-13-31-24)16-22-6-4-3-5-7-22/h3-11,24H,12-18H2,1-2H3,(H,27,30)/t24-/m0/s1. The van der Waals surface area contributed by atoms with Crippen LogP contribution in [-0.2, 0) is 29.1 Å². The Labute approximate surface area is 194 Å². The van der Waals surface area contributed by atoms with E-state index in [1.165, 1.54) is 5.56 Å². The van der Waals surface area contributed by atoms with E-state index in [0.717, 1.165) is 48.0 Å². The second-order valence-corrected chi connectivity index (χ2v) is 8.43. The van der Waals surface area contributed by atoms with Gasteiger partial charge in [-0.05, 0) is 37.1 Å². The molecule has 1 N–H and O–H groups in total. The lowest BCUT2D eigenvalue weighted by Crippen LogP contribution is -2.47. The third-order valence-electron chi connectivity index (χ3n) is 5.85. The summed E-state index contributed by atoms with van der Waals surface area (Å²) in [7, 11) is 0. The Morgan fingerprint density at radius 3 is 2.64 bits per heavy atom. The molecule has 174 valence electrons. The number of aryl methyl sites for hydroxylation is 2. The Morgan fingerprint density at radius 1 is 1.12 bits per heavy atom. The number of hydrogen-bond donors (Lipinski definition) is 1. The minimum absolute atomic E-state index is 0.00603. The number of amides is 1. The van der Waals surface area contributed by atoms with Crippen LogP contribution in [0.1, 0.15) is 28.1 Å². The quantitative estimate of drug-likeness (QED) is 0.539. The molecule has 1 aliphatic heterocycles. The van der Waals surface area contributed by atoms with E-state index in [1.54, 1.807) is 0 Å². The minimum atomic E-state index is -0.0110. The molecule has 1 aliphatic rings. The maximum absolute atomic E-state index is 12.4. The molecule has 1 amide bonds. The number of nitrogens with one attached hydrogen (secondary N) is 1. The Bertz CT molecular complexity index is 1010. The number of carbonyl (C=O) groups excluding carboxylic acids is 1. The third kappa shape index (κ3) is 6.66. The second-order valence-electron chi connectivity index (χ2n) is 8.43. The van der Waals surface area contributed by atoms with Crippen LogP contribution in [0, 0.1) is 13.8 Å². The van der Waals surface area contributed by atoms with Gasteiger partial charge in [-0.2, -0.15) is 0 Å². The molecule has 0 radical (unpaired) electrons. The van der Waals surface area contributed by atoms with E-state index in [2.05, 4.69) is 39.6 Å². The number of benzene rings is 2. The molecule has 7 nitrogen and oxygen atoms in total. The average Bonchev–Trinajstić information content (AvgIpc) is 3.15. The Hall–Kier alpha value is -3.16. The van der Waals surface area contributed by atoms with Crippen molar-refractivity contribution in [3.63, 3.8) is 0 Å². The van der Waals surface area contributed by atoms with Crippen LogP contribution in [0.5, 0.6) is 5.75 Å². The molecule has 7 heteroatoms. The Balaban J connectivity index is 1.19. The molecule has 33 heavy (non-hydrogen) atoms. The fraction of sp³-hybridized carbons (Fsp3) is 0.385. The van der Waals surface area contributed by atoms with Crippen molar-refractivity contribution in [2.75, 3.05) is 26.2 Å². The molecule has 2 heterocycles. The van der Waals surface area contributed by atoms with Gasteiger partial charge in [0.2, 0.25) is 5.91 Å². The molecule has 1 atom stereocenters. The van der Waals surface area contributed by atoms with Gasteiger partial charge < -0.3 is 19.3 Å². The zero-order valence-electron chi connectivity index (χ0n) is 19.3. The van der Waals surface area contributed by atoms with Crippen molar-refractivity contribution in [2.24, 2.45) is 0 Å². The lowest BCUT2D eigenvalue weighted by molar-refractivity contribution is -0.121. The van der Waals surface area contributed by atoms with E-state index in [4.69, 9.17) is 14.0 Å². The highest BCUT2D eigenvalue weighted by atomic mass is 16.5. The van der Waals surface area contributed by atoms with Crippen LogP contribution in [0.3, 0.4) is 0 Å². The highest BCUT2D eigenvalue weighted by molar-refractivity contribution is 5.78.